The first-order valence-corrected chi connectivity index (χ1v) is 6.67. The lowest BCUT2D eigenvalue weighted by atomic mass is 9.82. The Morgan fingerprint density at radius 1 is 1.35 bits per heavy atom. The quantitative estimate of drug-likeness (QED) is 0.775. The summed E-state index contributed by atoms with van der Waals surface area (Å²) in [6.07, 6.45) is 4.20. The number of hydrogen-bond donors (Lipinski definition) is 2. The van der Waals surface area contributed by atoms with Crippen LogP contribution in [0.3, 0.4) is 0 Å². The first-order valence-electron chi connectivity index (χ1n) is 6.67. The van der Waals surface area contributed by atoms with E-state index in [9.17, 15) is 4.79 Å². The second kappa shape index (κ2) is 4.94. The van der Waals surface area contributed by atoms with Gasteiger partial charge in [-0.3, -0.25) is 4.79 Å². The molecule has 0 saturated carbocycles. The normalized spacial score (nSPS) is 38.0. The fourth-order valence-corrected chi connectivity index (χ4v) is 2.71. The van der Waals surface area contributed by atoms with Gasteiger partial charge in [0.15, 0.2) is 0 Å². The molecule has 2 aliphatic heterocycles. The summed E-state index contributed by atoms with van der Waals surface area (Å²) in [6, 6.07) is 0. The smallest absolute Gasteiger partial charge is 0.227 e. The molecule has 2 rings (SSSR count). The summed E-state index contributed by atoms with van der Waals surface area (Å²) in [5.74, 6) is 0.168. The van der Waals surface area contributed by atoms with Gasteiger partial charge in [-0.25, -0.2) is 0 Å². The van der Waals surface area contributed by atoms with Gasteiger partial charge in [0.25, 0.3) is 0 Å². The fraction of sp³-hybridized carbons (Fsp3) is 0.923. The molecule has 0 aromatic carbocycles. The molecule has 2 fully saturated rings. The third-order valence-electron chi connectivity index (χ3n) is 4.07. The molecule has 2 aliphatic rings. The average Bonchev–Trinajstić information content (AvgIpc) is 2.75. The lowest BCUT2D eigenvalue weighted by molar-refractivity contribution is -0.132. The number of piperidine rings is 1. The van der Waals surface area contributed by atoms with E-state index in [1.807, 2.05) is 6.92 Å². The summed E-state index contributed by atoms with van der Waals surface area (Å²) < 4.78 is 5.68. The lowest BCUT2D eigenvalue weighted by Gasteiger charge is -2.34. The van der Waals surface area contributed by atoms with E-state index < -0.39 is 0 Å². The van der Waals surface area contributed by atoms with Crippen molar-refractivity contribution in [3.63, 3.8) is 0 Å². The van der Waals surface area contributed by atoms with Crippen molar-refractivity contribution in [1.29, 1.82) is 0 Å². The number of amides is 1. The van der Waals surface area contributed by atoms with Crippen LogP contribution in [-0.2, 0) is 9.53 Å². The molecule has 0 radical (unpaired) electrons. The number of rotatable bonds is 3. The Morgan fingerprint density at radius 3 is 2.76 bits per heavy atom. The van der Waals surface area contributed by atoms with Gasteiger partial charge in [0.1, 0.15) is 0 Å². The minimum atomic E-state index is -0.243. The lowest BCUT2D eigenvalue weighted by Crippen LogP contribution is -2.51. The van der Waals surface area contributed by atoms with Crippen LogP contribution in [-0.4, -0.2) is 37.7 Å². The van der Waals surface area contributed by atoms with E-state index >= 15 is 0 Å². The Morgan fingerprint density at radius 2 is 2.18 bits per heavy atom. The SMILES string of the molecule is CC1(CNC(=O)C2(C)CCCNC2)CCCO1. The molecule has 2 N–H and O–H groups in total. The Kier molecular flexibility index (Phi) is 3.73. The third-order valence-corrected chi connectivity index (χ3v) is 4.07. The Balaban J connectivity index is 1.84. The van der Waals surface area contributed by atoms with E-state index in [-0.39, 0.29) is 16.9 Å². The molecule has 17 heavy (non-hydrogen) atoms. The molecular weight excluding hydrogens is 216 g/mol. The van der Waals surface area contributed by atoms with Gasteiger partial charge in [-0.2, -0.15) is 0 Å². The van der Waals surface area contributed by atoms with Crippen LogP contribution >= 0.6 is 0 Å². The number of hydrogen-bond acceptors (Lipinski definition) is 3. The van der Waals surface area contributed by atoms with Crippen LogP contribution in [0.25, 0.3) is 0 Å². The second-order valence-corrected chi connectivity index (χ2v) is 5.93. The molecule has 0 bridgehead atoms. The van der Waals surface area contributed by atoms with Gasteiger partial charge in [0.2, 0.25) is 5.91 Å². The first-order chi connectivity index (χ1) is 8.04. The van der Waals surface area contributed by atoms with Crippen molar-refractivity contribution in [2.24, 2.45) is 5.41 Å². The number of carbonyl (C=O) groups excluding carboxylic acids is 1. The van der Waals surface area contributed by atoms with Crippen molar-refractivity contribution < 1.29 is 9.53 Å². The van der Waals surface area contributed by atoms with Crippen LogP contribution in [0.5, 0.6) is 0 Å². The minimum absolute atomic E-state index is 0.145. The molecule has 0 aromatic heterocycles. The van der Waals surface area contributed by atoms with Crippen molar-refractivity contribution in [3.05, 3.63) is 0 Å². The molecule has 2 heterocycles. The molecule has 4 nitrogen and oxygen atoms in total. The summed E-state index contributed by atoms with van der Waals surface area (Å²) in [5.41, 5.74) is -0.388. The highest BCUT2D eigenvalue weighted by atomic mass is 16.5. The standard InChI is InChI=1S/C13H24N2O2/c1-12(5-3-7-14-9-12)11(16)15-10-13(2)6-4-8-17-13/h14H,3-10H2,1-2H3,(H,15,16). The molecule has 98 valence electrons. The number of ether oxygens (including phenoxy) is 1. The summed E-state index contributed by atoms with van der Waals surface area (Å²) in [6.45, 7) is 7.42. The maximum absolute atomic E-state index is 12.2. The van der Waals surface area contributed by atoms with E-state index in [1.54, 1.807) is 0 Å². The predicted octanol–water partition coefficient (Wildman–Crippen LogP) is 1.06. The van der Waals surface area contributed by atoms with Gasteiger partial charge in [0, 0.05) is 19.7 Å². The van der Waals surface area contributed by atoms with E-state index in [2.05, 4.69) is 17.6 Å². The minimum Gasteiger partial charge on any atom is -0.373 e. The Labute approximate surface area is 103 Å². The number of carbonyl (C=O) groups is 1. The van der Waals surface area contributed by atoms with Crippen LogP contribution < -0.4 is 10.6 Å². The van der Waals surface area contributed by atoms with Gasteiger partial charge >= 0.3 is 0 Å². The zero-order chi connectivity index (χ0) is 12.4. The third kappa shape index (κ3) is 2.99. The van der Waals surface area contributed by atoms with Gasteiger partial charge in [-0.05, 0) is 46.1 Å². The van der Waals surface area contributed by atoms with Crippen molar-refractivity contribution in [1.82, 2.24) is 10.6 Å². The maximum Gasteiger partial charge on any atom is 0.227 e. The molecule has 2 unspecified atom stereocenters. The highest BCUT2D eigenvalue weighted by Gasteiger charge is 2.36. The molecule has 0 aromatic rings. The molecule has 2 atom stereocenters. The highest BCUT2D eigenvalue weighted by molar-refractivity contribution is 5.82. The van der Waals surface area contributed by atoms with Crippen molar-refractivity contribution in [2.75, 3.05) is 26.2 Å². The summed E-state index contributed by atoms with van der Waals surface area (Å²) >= 11 is 0. The average molecular weight is 240 g/mol. The van der Waals surface area contributed by atoms with Crippen molar-refractivity contribution in [2.45, 2.75) is 45.1 Å². The molecule has 2 saturated heterocycles. The second-order valence-electron chi connectivity index (χ2n) is 5.93. The molecule has 0 spiro atoms. The van der Waals surface area contributed by atoms with Gasteiger partial charge in [-0.15, -0.1) is 0 Å². The predicted molar refractivity (Wildman–Crippen MR) is 66.8 cm³/mol. The van der Waals surface area contributed by atoms with E-state index in [0.717, 1.165) is 45.4 Å². The van der Waals surface area contributed by atoms with Crippen LogP contribution in [0, 0.1) is 5.41 Å². The zero-order valence-electron chi connectivity index (χ0n) is 11.0. The van der Waals surface area contributed by atoms with Gasteiger partial charge < -0.3 is 15.4 Å². The topological polar surface area (TPSA) is 50.4 Å². The molecule has 0 aliphatic carbocycles. The molecule has 1 amide bonds. The summed E-state index contributed by atoms with van der Waals surface area (Å²) in [5, 5.41) is 6.37. The van der Waals surface area contributed by atoms with Crippen molar-refractivity contribution in [3.8, 4) is 0 Å². The highest BCUT2D eigenvalue weighted by Crippen LogP contribution is 2.27. The summed E-state index contributed by atoms with van der Waals surface area (Å²) in [4.78, 5) is 12.2. The monoisotopic (exact) mass is 240 g/mol. The first kappa shape index (κ1) is 12.8. The Hall–Kier alpha value is -0.610. The van der Waals surface area contributed by atoms with E-state index in [4.69, 9.17) is 4.74 Å². The summed E-state index contributed by atoms with van der Waals surface area (Å²) in [7, 11) is 0. The van der Waals surface area contributed by atoms with Crippen molar-refractivity contribution >= 4 is 5.91 Å². The van der Waals surface area contributed by atoms with E-state index in [1.165, 1.54) is 0 Å². The number of nitrogens with one attached hydrogen (secondary N) is 2. The van der Waals surface area contributed by atoms with E-state index in [0.29, 0.717) is 6.54 Å². The Bertz CT molecular complexity index is 279. The van der Waals surface area contributed by atoms with Crippen LogP contribution in [0.2, 0.25) is 0 Å². The van der Waals surface area contributed by atoms with Gasteiger partial charge in [0.05, 0.1) is 11.0 Å². The maximum atomic E-state index is 12.2. The zero-order valence-corrected chi connectivity index (χ0v) is 11.0. The molecular formula is C13H24N2O2. The van der Waals surface area contributed by atoms with Crippen LogP contribution in [0.15, 0.2) is 0 Å². The fourth-order valence-electron chi connectivity index (χ4n) is 2.71. The van der Waals surface area contributed by atoms with Gasteiger partial charge in [-0.1, -0.05) is 0 Å². The van der Waals surface area contributed by atoms with Crippen LogP contribution in [0.1, 0.15) is 39.5 Å². The van der Waals surface area contributed by atoms with Crippen LogP contribution in [0.4, 0.5) is 0 Å². The largest absolute Gasteiger partial charge is 0.373 e. The molecule has 4 heteroatoms.